The molecule has 126 valence electrons. The molecular weight excluding hydrogens is 347 g/mol. The van der Waals surface area contributed by atoms with Crippen LogP contribution in [0.2, 0.25) is 5.02 Å². The van der Waals surface area contributed by atoms with E-state index in [-0.39, 0.29) is 16.7 Å². The number of benzene rings is 1. The van der Waals surface area contributed by atoms with Crippen LogP contribution in [-0.4, -0.2) is 25.9 Å². The first-order valence-corrected chi connectivity index (χ1v) is 7.20. The molecule has 2 heterocycles. The number of anilines is 1. The molecule has 2 aromatic heterocycles. The summed E-state index contributed by atoms with van der Waals surface area (Å²) in [7, 11) is 0. The average Bonchev–Trinajstić information content (AvgIpc) is 3.12. The van der Waals surface area contributed by atoms with E-state index < -0.39 is 23.7 Å². The molecule has 1 unspecified atom stereocenters. The molecule has 0 aliphatic carbocycles. The number of halogens is 4. The van der Waals surface area contributed by atoms with Crippen LogP contribution < -0.4 is 5.32 Å². The smallest absolute Gasteiger partial charge is 0.307 e. The Morgan fingerprint density at radius 1 is 1.42 bits per heavy atom. The number of aromatic amines is 1. The third kappa shape index (κ3) is 2.94. The number of rotatable bonds is 3. The van der Waals surface area contributed by atoms with Gasteiger partial charge in [-0.3, -0.25) is 14.6 Å². The van der Waals surface area contributed by atoms with Crippen LogP contribution in [-0.2, 0) is 11.0 Å². The molecule has 3 aromatic rings. The van der Waals surface area contributed by atoms with E-state index in [1.165, 1.54) is 29.2 Å². The first-order chi connectivity index (χ1) is 11.3. The van der Waals surface area contributed by atoms with Gasteiger partial charge in [0.25, 0.3) is 0 Å². The summed E-state index contributed by atoms with van der Waals surface area (Å²) in [5, 5.41) is 13.1. The van der Waals surface area contributed by atoms with Crippen LogP contribution in [0.4, 0.5) is 19.0 Å². The second-order valence-electron chi connectivity index (χ2n) is 5.10. The van der Waals surface area contributed by atoms with E-state index >= 15 is 0 Å². The van der Waals surface area contributed by atoms with E-state index in [4.69, 9.17) is 11.6 Å². The number of alkyl halides is 3. The minimum atomic E-state index is -4.52. The minimum Gasteiger partial charge on any atom is -0.307 e. The Kier molecular flexibility index (Phi) is 3.96. The maximum Gasteiger partial charge on any atom is 0.418 e. The third-order valence-electron chi connectivity index (χ3n) is 3.49. The van der Waals surface area contributed by atoms with Gasteiger partial charge < -0.3 is 5.32 Å². The SMILES string of the molecule is CC(C(=O)Nc1n[nH]c2c(C(F)(F)F)cccc12)n1cc(Cl)cn1. The molecule has 6 nitrogen and oxygen atoms in total. The maximum absolute atomic E-state index is 13.0. The summed E-state index contributed by atoms with van der Waals surface area (Å²) in [6, 6.07) is 2.93. The van der Waals surface area contributed by atoms with Crippen LogP contribution >= 0.6 is 11.6 Å². The highest BCUT2D eigenvalue weighted by Gasteiger charge is 2.33. The van der Waals surface area contributed by atoms with Crippen molar-refractivity contribution in [3.63, 3.8) is 0 Å². The summed E-state index contributed by atoms with van der Waals surface area (Å²) in [5.41, 5.74) is -1.03. The number of amides is 1. The number of para-hydroxylation sites is 1. The normalized spacial score (nSPS) is 13.2. The Hall–Kier alpha value is -2.55. The molecule has 0 saturated carbocycles. The molecule has 0 aliphatic heterocycles. The monoisotopic (exact) mass is 357 g/mol. The number of fused-ring (bicyclic) bond motifs is 1. The standard InChI is InChI=1S/C14H11ClF3N5O/c1-7(23-6-8(15)5-19-23)13(24)20-12-9-3-2-4-10(14(16,17)18)11(9)21-22-12/h2-7H,1H3,(H2,20,21,22,24). The van der Waals surface area contributed by atoms with Crippen LogP contribution in [0.3, 0.4) is 0 Å². The molecule has 1 amide bonds. The summed E-state index contributed by atoms with van der Waals surface area (Å²) in [6.45, 7) is 1.58. The molecular formula is C14H11ClF3N5O. The zero-order valence-electron chi connectivity index (χ0n) is 12.2. The fourth-order valence-corrected chi connectivity index (χ4v) is 2.39. The van der Waals surface area contributed by atoms with E-state index in [2.05, 4.69) is 20.6 Å². The molecule has 1 atom stereocenters. The predicted octanol–water partition coefficient (Wildman–Crippen LogP) is 3.63. The zero-order valence-corrected chi connectivity index (χ0v) is 13.0. The van der Waals surface area contributed by atoms with Crippen LogP contribution in [0.5, 0.6) is 0 Å². The lowest BCUT2D eigenvalue weighted by atomic mass is 10.1. The molecule has 0 fully saturated rings. The zero-order chi connectivity index (χ0) is 17.5. The van der Waals surface area contributed by atoms with Gasteiger partial charge in [0.2, 0.25) is 5.91 Å². The number of nitrogens with one attached hydrogen (secondary N) is 2. The van der Waals surface area contributed by atoms with Crippen LogP contribution in [0.1, 0.15) is 18.5 Å². The molecule has 24 heavy (non-hydrogen) atoms. The number of carbonyl (C=O) groups is 1. The van der Waals surface area contributed by atoms with Crippen LogP contribution in [0.25, 0.3) is 10.9 Å². The predicted molar refractivity (Wildman–Crippen MR) is 81.7 cm³/mol. The second-order valence-corrected chi connectivity index (χ2v) is 5.54. The van der Waals surface area contributed by atoms with Crippen molar-refractivity contribution in [3.05, 3.63) is 41.2 Å². The Bertz CT molecular complexity index is 901. The lowest BCUT2D eigenvalue weighted by Gasteiger charge is -2.11. The molecule has 0 aliphatic rings. The molecule has 2 N–H and O–H groups in total. The highest BCUT2D eigenvalue weighted by Crippen LogP contribution is 2.35. The molecule has 0 saturated heterocycles. The summed E-state index contributed by atoms with van der Waals surface area (Å²) < 4.78 is 40.3. The van der Waals surface area contributed by atoms with Gasteiger partial charge in [0.1, 0.15) is 6.04 Å². The van der Waals surface area contributed by atoms with Crippen molar-refractivity contribution in [1.82, 2.24) is 20.0 Å². The van der Waals surface area contributed by atoms with Gasteiger partial charge in [-0.15, -0.1) is 0 Å². The quantitative estimate of drug-likeness (QED) is 0.751. The molecule has 1 aromatic carbocycles. The number of nitrogens with zero attached hydrogens (tertiary/aromatic N) is 3. The first kappa shape index (κ1) is 16.3. The van der Waals surface area contributed by atoms with Crippen molar-refractivity contribution in [2.24, 2.45) is 0 Å². The number of hydrogen-bond donors (Lipinski definition) is 2. The third-order valence-corrected chi connectivity index (χ3v) is 3.69. The molecule has 10 heteroatoms. The fourth-order valence-electron chi connectivity index (χ4n) is 2.24. The van der Waals surface area contributed by atoms with Gasteiger partial charge in [-0.25, -0.2) is 0 Å². The fraction of sp³-hybridized carbons (Fsp3) is 0.214. The highest BCUT2D eigenvalue weighted by molar-refractivity contribution is 6.30. The van der Waals surface area contributed by atoms with E-state index in [1.807, 2.05) is 0 Å². The van der Waals surface area contributed by atoms with E-state index in [0.717, 1.165) is 6.07 Å². The molecule has 0 spiro atoms. The minimum absolute atomic E-state index is 0.0196. The van der Waals surface area contributed by atoms with Gasteiger partial charge in [-0.05, 0) is 19.1 Å². The number of carbonyl (C=O) groups excluding carboxylic acids is 1. The topological polar surface area (TPSA) is 75.6 Å². The van der Waals surface area contributed by atoms with Gasteiger partial charge >= 0.3 is 6.18 Å². The summed E-state index contributed by atoms with van der Waals surface area (Å²) in [6.07, 6.45) is -1.67. The largest absolute Gasteiger partial charge is 0.418 e. The van der Waals surface area contributed by atoms with Crippen molar-refractivity contribution in [3.8, 4) is 0 Å². The van der Waals surface area contributed by atoms with Crippen LogP contribution in [0.15, 0.2) is 30.6 Å². The number of H-pyrrole nitrogens is 1. The van der Waals surface area contributed by atoms with Crippen molar-refractivity contribution in [1.29, 1.82) is 0 Å². The second kappa shape index (κ2) is 5.82. The Morgan fingerprint density at radius 2 is 2.17 bits per heavy atom. The molecule has 0 radical (unpaired) electrons. The number of hydrogen-bond acceptors (Lipinski definition) is 3. The van der Waals surface area contributed by atoms with Gasteiger partial charge in [0.15, 0.2) is 5.82 Å². The summed E-state index contributed by atoms with van der Waals surface area (Å²) in [5.74, 6) is -0.466. The van der Waals surface area contributed by atoms with Gasteiger partial charge in [-0.1, -0.05) is 17.7 Å². The maximum atomic E-state index is 13.0. The van der Waals surface area contributed by atoms with Crippen molar-refractivity contribution in [2.45, 2.75) is 19.1 Å². The Labute approximate surface area is 138 Å². The lowest BCUT2D eigenvalue weighted by molar-refractivity contribution is -0.136. The van der Waals surface area contributed by atoms with Gasteiger partial charge in [0, 0.05) is 11.6 Å². The van der Waals surface area contributed by atoms with Crippen molar-refractivity contribution in [2.75, 3.05) is 5.32 Å². The van der Waals surface area contributed by atoms with E-state index in [9.17, 15) is 18.0 Å². The van der Waals surface area contributed by atoms with E-state index in [1.54, 1.807) is 6.92 Å². The van der Waals surface area contributed by atoms with Gasteiger partial charge in [0.05, 0.1) is 22.3 Å². The van der Waals surface area contributed by atoms with Gasteiger partial charge in [-0.2, -0.15) is 23.4 Å². The van der Waals surface area contributed by atoms with Crippen LogP contribution in [0, 0.1) is 0 Å². The molecule has 0 bridgehead atoms. The number of aromatic nitrogens is 4. The van der Waals surface area contributed by atoms with Crippen molar-refractivity contribution < 1.29 is 18.0 Å². The first-order valence-electron chi connectivity index (χ1n) is 6.82. The van der Waals surface area contributed by atoms with E-state index in [0.29, 0.717) is 5.02 Å². The van der Waals surface area contributed by atoms with Crippen molar-refractivity contribution >= 4 is 34.2 Å². The Morgan fingerprint density at radius 3 is 2.79 bits per heavy atom. The highest BCUT2D eigenvalue weighted by atomic mass is 35.5. The Balaban J connectivity index is 1.89. The lowest BCUT2D eigenvalue weighted by Crippen LogP contribution is -2.24. The summed E-state index contributed by atoms with van der Waals surface area (Å²) in [4.78, 5) is 12.3. The summed E-state index contributed by atoms with van der Waals surface area (Å²) >= 11 is 5.75. The molecule has 3 rings (SSSR count). The average molecular weight is 358 g/mol.